The number of rotatable bonds is 22. The van der Waals surface area contributed by atoms with Crippen LogP contribution in [0.2, 0.25) is 0 Å². The van der Waals surface area contributed by atoms with Gasteiger partial charge in [0.25, 0.3) is 0 Å². The van der Waals surface area contributed by atoms with E-state index in [2.05, 4.69) is 72.6 Å². The van der Waals surface area contributed by atoms with E-state index in [-0.39, 0.29) is 0 Å². The van der Waals surface area contributed by atoms with Crippen molar-refractivity contribution >= 4 is 11.4 Å². The Morgan fingerprint density at radius 3 is 0.944 bits per heavy atom. The summed E-state index contributed by atoms with van der Waals surface area (Å²) >= 11 is 0. The summed E-state index contributed by atoms with van der Waals surface area (Å²) in [6.07, 6.45) is 27.2. The van der Waals surface area contributed by atoms with E-state index in [0.29, 0.717) is 0 Å². The molecule has 0 bridgehead atoms. The molecule has 0 N–H and O–H groups in total. The quantitative estimate of drug-likeness (QED) is 0.116. The molecule has 0 aliphatic heterocycles. The standard InChI is InChI=1S/C34H54N2/c1-3-5-7-9-11-13-15-17-19-21-31-23-27-33(28-24-31)35-36-34-29-25-32(26-30-34)22-20-18-16-14-12-10-8-6-4-2/h23-30H,3-22H2,1-2H3. The van der Waals surface area contributed by atoms with Gasteiger partial charge in [-0.3, -0.25) is 0 Å². The van der Waals surface area contributed by atoms with Crippen molar-refractivity contribution in [3.8, 4) is 0 Å². The molecule has 0 heterocycles. The highest BCUT2D eigenvalue weighted by Crippen LogP contribution is 2.21. The molecule has 2 heteroatoms. The Morgan fingerprint density at radius 1 is 0.361 bits per heavy atom. The molecule has 36 heavy (non-hydrogen) atoms. The van der Waals surface area contributed by atoms with Crippen molar-refractivity contribution < 1.29 is 0 Å². The third-order valence-corrected chi connectivity index (χ3v) is 7.29. The molecule has 0 unspecified atom stereocenters. The van der Waals surface area contributed by atoms with E-state index >= 15 is 0 Å². The first kappa shape index (κ1) is 30.3. The molecule has 2 aromatic rings. The van der Waals surface area contributed by atoms with Crippen LogP contribution in [-0.2, 0) is 12.8 Å². The number of aryl methyl sites for hydroxylation is 2. The van der Waals surface area contributed by atoms with Crippen LogP contribution in [0.3, 0.4) is 0 Å². The van der Waals surface area contributed by atoms with Gasteiger partial charge in [-0.25, -0.2) is 0 Å². The smallest absolute Gasteiger partial charge is 0.0857 e. The van der Waals surface area contributed by atoms with Crippen molar-refractivity contribution in [3.05, 3.63) is 59.7 Å². The summed E-state index contributed by atoms with van der Waals surface area (Å²) < 4.78 is 0. The molecule has 0 radical (unpaired) electrons. The molecule has 0 fully saturated rings. The predicted octanol–water partition coefficient (Wildman–Crippen LogP) is 12.2. The van der Waals surface area contributed by atoms with Gasteiger partial charge in [0, 0.05) is 0 Å². The zero-order chi connectivity index (χ0) is 25.5. The Labute approximate surface area is 223 Å². The van der Waals surface area contributed by atoms with Gasteiger partial charge in [-0.2, -0.15) is 10.2 Å². The van der Waals surface area contributed by atoms with Crippen LogP contribution in [-0.4, -0.2) is 0 Å². The van der Waals surface area contributed by atoms with Crippen molar-refractivity contribution in [1.82, 2.24) is 0 Å². The first-order valence-electron chi connectivity index (χ1n) is 15.4. The summed E-state index contributed by atoms with van der Waals surface area (Å²) in [5.74, 6) is 0. The fraction of sp³-hybridized carbons (Fsp3) is 0.647. The molecule has 0 aromatic heterocycles. The summed E-state index contributed by atoms with van der Waals surface area (Å²) in [7, 11) is 0. The lowest BCUT2D eigenvalue weighted by molar-refractivity contribution is 0.565. The largest absolute Gasteiger partial charge is 0.151 e. The average molecular weight is 491 g/mol. The van der Waals surface area contributed by atoms with Crippen molar-refractivity contribution in [2.75, 3.05) is 0 Å². The predicted molar refractivity (Wildman–Crippen MR) is 159 cm³/mol. The SMILES string of the molecule is CCCCCCCCCCCc1ccc(N=Nc2ccc(CCCCCCCCCCC)cc2)cc1. The van der Waals surface area contributed by atoms with Crippen molar-refractivity contribution in [2.45, 2.75) is 142 Å². The van der Waals surface area contributed by atoms with Crippen LogP contribution >= 0.6 is 0 Å². The maximum absolute atomic E-state index is 4.45. The van der Waals surface area contributed by atoms with Crippen LogP contribution in [0.1, 0.15) is 141 Å². The highest BCUT2D eigenvalue weighted by molar-refractivity contribution is 5.42. The molecule has 2 rings (SSSR count). The summed E-state index contributed by atoms with van der Waals surface area (Å²) in [4.78, 5) is 0. The van der Waals surface area contributed by atoms with Gasteiger partial charge in [-0.1, -0.05) is 141 Å². The molecule has 0 spiro atoms. The van der Waals surface area contributed by atoms with Crippen molar-refractivity contribution in [2.24, 2.45) is 10.2 Å². The number of hydrogen-bond acceptors (Lipinski definition) is 2. The van der Waals surface area contributed by atoms with Crippen LogP contribution in [0.4, 0.5) is 11.4 Å². The van der Waals surface area contributed by atoms with Crippen LogP contribution < -0.4 is 0 Å². The van der Waals surface area contributed by atoms with Crippen molar-refractivity contribution in [1.29, 1.82) is 0 Å². The Hall–Kier alpha value is -1.96. The molecule has 0 aliphatic carbocycles. The Bertz CT molecular complexity index is 708. The normalized spacial score (nSPS) is 11.5. The Morgan fingerprint density at radius 2 is 0.639 bits per heavy atom. The minimum absolute atomic E-state index is 0.935. The average Bonchev–Trinajstić information content (AvgIpc) is 2.91. The minimum Gasteiger partial charge on any atom is -0.151 e. The number of nitrogens with zero attached hydrogens (tertiary/aromatic N) is 2. The van der Waals surface area contributed by atoms with E-state index in [1.807, 2.05) is 0 Å². The van der Waals surface area contributed by atoms with Crippen LogP contribution in [0, 0.1) is 0 Å². The Kier molecular flexibility index (Phi) is 17.8. The van der Waals surface area contributed by atoms with Crippen LogP contribution in [0.5, 0.6) is 0 Å². The summed E-state index contributed by atoms with van der Waals surface area (Å²) in [6.45, 7) is 4.57. The summed E-state index contributed by atoms with van der Waals surface area (Å²) in [5.41, 5.74) is 4.70. The second-order valence-electron chi connectivity index (χ2n) is 10.7. The van der Waals surface area contributed by atoms with Gasteiger partial charge in [0.1, 0.15) is 0 Å². The van der Waals surface area contributed by atoms with E-state index < -0.39 is 0 Å². The number of unbranched alkanes of at least 4 members (excludes halogenated alkanes) is 16. The third kappa shape index (κ3) is 15.2. The topological polar surface area (TPSA) is 24.7 Å². The zero-order valence-electron chi connectivity index (χ0n) is 23.7. The van der Waals surface area contributed by atoms with E-state index in [0.717, 1.165) is 11.4 Å². The molecule has 2 nitrogen and oxygen atoms in total. The van der Waals surface area contributed by atoms with E-state index in [1.165, 1.54) is 140 Å². The maximum Gasteiger partial charge on any atom is 0.0857 e. The van der Waals surface area contributed by atoms with Gasteiger partial charge >= 0.3 is 0 Å². The second-order valence-corrected chi connectivity index (χ2v) is 10.7. The van der Waals surface area contributed by atoms with Gasteiger partial charge in [0.2, 0.25) is 0 Å². The van der Waals surface area contributed by atoms with Crippen LogP contribution in [0.15, 0.2) is 58.8 Å². The second kappa shape index (κ2) is 21.2. The molecule has 200 valence electrons. The molecule has 2 aromatic carbocycles. The lowest BCUT2D eigenvalue weighted by Gasteiger charge is -2.04. The molecule has 0 atom stereocenters. The zero-order valence-corrected chi connectivity index (χ0v) is 23.7. The molecule has 0 saturated carbocycles. The minimum atomic E-state index is 0.935. The first-order chi connectivity index (χ1) is 17.8. The first-order valence-corrected chi connectivity index (χ1v) is 15.4. The Balaban J connectivity index is 1.56. The van der Waals surface area contributed by atoms with Gasteiger partial charge in [0.05, 0.1) is 11.4 Å². The number of benzene rings is 2. The lowest BCUT2D eigenvalue weighted by atomic mass is 10.0. The molecular formula is C34H54N2. The number of hydrogen-bond donors (Lipinski definition) is 0. The van der Waals surface area contributed by atoms with E-state index in [4.69, 9.17) is 0 Å². The van der Waals surface area contributed by atoms with Gasteiger partial charge in [0.15, 0.2) is 0 Å². The highest BCUT2D eigenvalue weighted by Gasteiger charge is 1.98. The monoisotopic (exact) mass is 490 g/mol. The molecule has 0 aliphatic rings. The highest BCUT2D eigenvalue weighted by atomic mass is 15.1. The third-order valence-electron chi connectivity index (χ3n) is 7.29. The van der Waals surface area contributed by atoms with Gasteiger partial charge in [-0.05, 0) is 61.1 Å². The fourth-order valence-corrected chi connectivity index (χ4v) is 4.85. The van der Waals surface area contributed by atoms with Crippen LogP contribution in [0.25, 0.3) is 0 Å². The molecular weight excluding hydrogens is 436 g/mol. The summed E-state index contributed by atoms with van der Waals surface area (Å²) in [6, 6.07) is 17.3. The van der Waals surface area contributed by atoms with Gasteiger partial charge < -0.3 is 0 Å². The van der Waals surface area contributed by atoms with Gasteiger partial charge in [-0.15, -0.1) is 0 Å². The number of azo groups is 1. The maximum atomic E-state index is 4.45. The fourth-order valence-electron chi connectivity index (χ4n) is 4.85. The molecule has 0 amide bonds. The lowest BCUT2D eigenvalue weighted by Crippen LogP contribution is -1.86. The van der Waals surface area contributed by atoms with E-state index in [9.17, 15) is 0 Å². The van der Waals surface area contributed by atoms with E-state index in [1.54, 1.807) is 0 Å². The summed E-state index contributed by atoms with van der Waals surface area (Å²) in [5, 5.41) is 8.89. The molecule has 0 saturated heterocycles. The van der Waals surface area contributed by atoms with Crippen molar-refractivity contribution in [3.63, 3.8) is 0 Å².